The van der Waals surface area contributed by atoms with Crippen LogP contribution < -0.4 is 5.32 Å². The van der Waals surface area contributed by atoms with Crippen LogP contribution in [0.3, 0.4) is 0 Å². The van der Waals surface area contributed by atoms with Gasteiger partial charge in [-0.3, -0.25) is 13.8 Å². The minimum Gasteiger partial charge on any atom is -0.342 e. The van der Waals surface area contributed by atoms with Gasteiger partial charge in [0.05, 0.1) is 0 Å². The lowest BCUT2D eigenvalue weighted by molar-refractivity contribution is -0.147. The van der Waals surface area contributed by atoms with Crippen molar-refractivity contribution in [2.75, 3.05) is 18.6 Å². The van der Waals surface area contributed by atoms with Gasteiger partial charge in [-0.25, -0.2) is 0 Å². The third kappa shape index (κ3) is 2.11. The molecular formula is C10H16N2O3S. The highest BCUT2D eigenvalue weighted by Crippen LogP contribution is 2.22. The third-order valence-corrected chi connectivity index (χ3v) is 3.96. The van der Waals surface area contributed by atoms with Crippen molar-refractivity contribution in [1.82, 2.24) is 10.2 Å². The molecule has 90 valence electrons. The van der Waals surface area contributed by atoms with E-state index < -0.39 is 16.8 Å². The van der Waals surface area contributed by atoms with Gasteiger partial charge in [0.25, 0.3) is 0 Å². The van der Waals surface area contributed by atoms with Gasteiger partial charge in [-0.05, 0) is 19.3 Å². The van der Waals surface area contributed by atoms with Crippen LogP contribution in [0.4, 0.5) is 0 Å². The van der Waals surface area contributed by atoms with Gasteiger partial charge in [0.1, 0.15) is 12.1 Å². The van der Waals surface area contributed by atoms with E-state index in [0.717, 1.165) is 12.8 Å². The molecule has 5 nitrogen and oxygen atoms in total. The standard InChI is InChI=1S/C10H16N2O3S/c1-16(15)6-4-7-10(14)12-5-2-3-8(12)9(13)11-7/h7-8H,2-6H2,1H3,(H,11,13)/t7-,8-,16?/m0/s1. The van der Waals surface area contributed by atoms with Gasteiger partial charge >= 0.3 is 0 Å². The number of nitrogens with zero attached hydrogens (tertiary/aromatic N) is 1. The Morgan fingerprint density at radius 3 is 2.94 bits per heavy atom. The summed E-state index contributed by atoms with van der Waals surface area (Å²) in [7, 11) is -0.922. The Morgan fingerprint density at radius 1 is 1.50 bits per heavy atom. The number of hydrogen-bond donors (Lipinski definition) is 1. The number of hydrogen-bond acceptors (Lipinski definition) is 3. The molecule has 0 aromatic rings. The highest BCUT2D eigenvalue weighted by Gasteiger charge is 2.42. The molecule has 0 aliphatic carbocycles. The smallest absolute Gasteiger partial charge is 0.245 e. The van der Waals surface area contributed by atoms with E-state index in [4.69, 9.17) is 0 Å². The van der Waals surface area contributed by atoms with Crippen molar-refractivity contribution in [2.45, 2.75) is 31.3 Å². The minimum atomic E-state index is -0.922. The normalized spacial score (nSPS) is 31.2. The summed E-state index contributed by atoms with van der Waals surface area (Å²) in [6.07, 6.45) is 3.74. The molecule has 1 N–H and O–H groups in total. The first-order valence-corrected chi connectivity index (χ1v) is 7.23. The third-order valence-electron chi connectivity index (χ3n) is 3.15. The molecule has 2 aliphatic rings. The average molecular weight is 244 g/mol. The van der Waals surface area contributed by atoms with Gasteiger partial charge in [-0.2, -0.15) is 0 Å². The number of nitrogens with one attached hydrogen (secondary N) is 1. The monoisotopic (exact) mass is 244 g/mol. The van der Waals surface area contributed by atoms with E-state index in [0.29, 0.717) is 18.7 Å². The predicted octanol–water partition coefficient (Wildman–Crippen LogP) is -0.756. The van der Waals surface area contributed by atoms with Crippen LogP contribution in [0.2, 0.25) is 0 Å². The predicted molar refractivity (Wildman–Crippen MR) is 60.2 cm³/mol. The molecule has 2 amide bonds. The summed E-state index contributed by atoms with van der Waals surface area (Å²) < 4.78 is 11.0. The Kier molecular flexibility index (Phi) is 3.28. The van der Waals surface area contributed by atoms with Gasteiger partial charge in [0.15, 0.2) is 0 Å². The van der Waals surface area contributed by atoms with Crippen LogP contribution in [0, 0.1) is 0 Å². The minimum absolute atomic E-state index is 0.00690. The van der Waals surface area contributed by atoms with E-state index in [1.807, 2.05) is 0 Å². The first kappa shape index (κ1) is 11.6. The van der Waals surface area contributed by atoms with E-state index in [2.05, 4.69) is 5.32 Å². The van der Waals surface area contributed by atoms with Crippen molar-refractivity contribution in [3.8, 4) is 0 Å². The fraction of sp³-hybridized carbons (Fsp3) is 0.800. The van der Waals surface area contributed by atoms with Crippen LogP contribution in [0.5, 0.6) is 0 Å². The second kappa shape index (κ2) is 4.53. The second-order valence-corrected chi connectivity index (χ2v) is 5.87. The van der Waals surface area contributed by atoms with Crippen LogP contribution >= 0.6 is 0 Å². The fourth-order valence-electron chi connectivity index (χ4n) is 2.31. The molecule has 2 aliphatic heterocycles. The zero-order valence-electron chi connectivity index (χ0n) is 9.27. The van der Waals surface area contributed by atoms with E-state index in [9.17, 15) is 13.8 Å². The molecule has 16 heavy (non-hydrogen) atoms. The summed E-state index contributed by atoms with van der Waals surface area (Å²) >= 11 is 0. The molecule has 0 aromatic heterocycles. The van der Waals surface area contributed by atoms with Crippen LogP contribution in [-0.4, -0.2) is 51.6 Å². The van der Waals surface area contributed by atoms with Crippen molar-refractivity contribution >= 4 is 22.6 Å². The summed E-state index contributed by atoms with van der Waals surface area (Å²) in [5.74, 6) is 0.395. The number of piperazine rings is 1. The van der Waals surface area contributed by atoms with E-state index in [-0.39, 0.29) is 17.9 Å². The highest BCUT2D eigenvalue weighted by atomic mass is 32.2. The lowest BCUT2D eigenvalue weighted by Gasteiger charge is -2.34. The molecule has 6 heteroatoms. The van der Waals surface area contributed by atoms with E-state index >= 15 is 0 Å². The molecule has 3 atom stereocenters. The molecule has 0 aromatic carbocycles. The molecule has 0 spiro atoms. The van der Waals surface area contributed by atoms with Gasteiger partial charge in [-0.15, -0.1) is 0 Å². The summed E-state index contributed by atoms with van der Waals surface area (Å²) in [5.41, 5.74) is 0. The topological polar surface area (TPSA) is 66.5 Å². The van der Waals surface area contributed by atoms with E-state index in [1.54, 1.807) is 11.2 Å². The van der Waals surface area contributed by atoms with Crippen molar-refractivity contribution in [1.29, 1.82) is 0 Å². The Balaban J connectivity index is 2.02. The Labute approximate surface area is 97.0 Å². The van der Waals surface area contributed by atoms with Crippen LogP contribution in [0.15, 0.2) is 0 Å². The second-order valence-electron chi connectivity index (χ2n) is 4.32. The Morgan fingerprint density at radius 2 is 2.25 bits per heavy atom. The Bertz CT molecular complexity index is 345. The summed E-state index contributed by atoms with van der Waals surface area (Å²) in [5, 5.41) is 2.73. The molecule has 0 radical (unpaired) electrons. The van der Waals surface area contributed by atoms with Crippen molar-refractivity contribution in [2.24, 2.45) is 0 Å². The molecule has 2 fully saturated rings. The maximum absolute atomic E-state index is 12.0. The number of amides is 2. The summed E-state index contributed by atoms with van der Waals surface area (Å²) in [6, 6.07) is -0.721. The molecule has 0 saturated carbocycles. The molecule has 2 heterocycles. The van der Waals surface area contributed by atoms with Crippen LogP contribution in [0.25, 0.3) is 0 Å². The molecule has 2 saturated heterocycles. The zero-order chi connectivity index (χ0) is 11.7. The maximum atomic E-state index is 12.0. The Hall–Kier alpha value is -0.910. The van der Waals surface area contributed by atoms with Crippen molar-refractivity contribution < 1.29 is 13.8 Å². The number of carbonyl (C=O) groups is 2. The average Bonchev–Trinajstić information content (AvgIpc) is 2.70. The van der Waals surface area contributed by atoms with Crippen molar-refractivity contribution in [3.05, 3.63) is 0 Å². The number of carbonyl (C=O) groups excluding carboxylic acids is 2. The first-order chi connectivity index (χ1) is 7.59. The molecular weight excluding hydrogens is 228 g/mol. The van der Waals surface area contributed by atoms with Crippen molar-refractivity contribution in [3.63, 3.8) is 0 Å². The van der Waals surface area contributed by atoms with E-state index in [1.165, 1.54) is 0 Å². The summed E-state index contributed by atoms with van der Waals surface area (Å²) in [6.45, 7) is 0.683. The van der Waals surface area contributed by atoms with Crippen LogP contribution in [0.1, 0.15) is 19.3 Å². The lowest BCUT2D eigenvalue weighted by atomic mass is 10.1. The van der Waals surface area contributed by atoms with Gasteiger partial charge < -0.3 is 10.2 Å². The lowest BCUT2D eigenvalue weighted by Crippen LogP contribution is -2.61. The number of fused-ring (bicyclic) bond motifs is 1. The zero-order valence-corrected chi connectivity index (χ0v) is 10.1. The van der Waals surface area contributed by atoms with Gasteiger partial charge in [-0.1, -0.05) is 0 Å². The highest BCUT2D eigenvalue weighted by molar-refractivity contribution is 7.84. The first-order valence-electron chi connectivity index (χ1n) is 5.50. The quantitative estimate of drug-likeness (QED) is 0.710. The molecule has 1 unspecified atom stereocenters. The van der Waals surface area contributed by atoms with Crippen LogP contribution in [-0.2, 0) is 20.4 Å². The molecule has 2 rings (SSSR count). The van der Waals surface area contributed by atoms with Gasteiger partial charge in [0.2, 0.25) is 11.8 Å². The fourth-order valence-corrected chi connectivity index (χ4v) is 2.88. The van der Waals surface area contributed by atoms with Gasteiger partial charge in [0, 0.05) is 29.4 Å². The summed E-state index contributed by atoms with van der Waals surface area (Å²) in [4.78, 5) is 25.3. The largest absolute Gasteiger partial charge is 0.342 e. The maximum Gasteiger partial charge on any atom is 0.245 e. The number of rotatable bonds is 3. The molecule has 0 bridgehead atoms. The SMILES string of the molecule is CS(=O)CC[C@@H]1NC(=O)[C@@H]2CCCN2C1=O.